The van der Waals surface area contributed by atoms with Crippen molar-refractivity contribution in [3.63, 3.8) is 0 Å². The molecule has 0 aliphatic carbocycles. The predicted molar refractivity (Wildman–Crippen MR) is 134 cm³/mol. The molecule has 0 unspecified atom stereocenters. The predicted octanol–water partition coefficient (Wildman–Crippen LogP) is 5.24. The van der Waals surface area contributed by atoms with Crippen LogP contribution in [0.2, 0.25) is 5.02 Å². The van der Waals surface area contributed by atoms with Gasteiger partial charge in [0.1, 0.15) is 5.92 Å². The number of amides is 2. The fourth-order valence-electron chi connectivity index (χ4n) is 4.87. The molecule has 2 amide bonds. The Morgan fingerprint density at radius 3 is 2.09 bits per heavy atom. The van der Waals surface area contributed by atoms with E-state index < -0.39 is 18.1 Å². The van der Waals surface area contributed by atoms with Crippen molar-refractivity contribution < 1.29 is 14.4 Å². The van der Waals surface area contributed by atoms with Crippen molar-refractivity contribution in [2.75, 3.05) is 28.0 Å². The van der Waals surface area contributed by atoms with Crippen LogP contribution in [0, 0.1) is 5.92 Å². The van der Waals surface area contributed by atoms with Crippen LogP contribution in [0.5, 0.6) is 0 Å². The third-order valence-corrected chi connectivity index (χ3v) is 6.83. The summed E-state index contributed by atoms with van der Waals surface area (Å²) in [6.07, 6.45) is -0.893. The standard InChI is InChI=1S/C27H26ClN3O3/c1-3-29(4-2)20-14-10-18(11-15-20)24-23-25(34-31(24)22-8-6-5-7-9-22)27(33)30(26(23)32)21-16-12-19(28)13-17-21/h5-17,23-25H,3-4H2,1-2H3/t23-,24-,25-/m1/s1. The number of carbonyl (C=O) groups is 2. The summed E-state index contributed by atoms with van der Waals surface area (Å²) < 4.78 is 0. The van der Waals surface area contributed by atoms with E-state index in [4.69, 9.17) is 16.4 Å². The van der Waals surface area contributed by atoms with Gasteiger partial charge < -0.3 is 4.90 Å². The Bertz CT molecular complexity index is 1180. The van der Waals surface area contributed by atoms with E-state index >= 15 is 0 Å². The zero-order valence-corrected chi connectivity index (χ0v) is 19.9. The molecular weight excluding hydrogens is 450 g/mol. The molecule has 7 heteroatoms. The first-order chi connectivity index (χ1) is 16.5. The van der Waals surface area contributed by atoms with Crippen LogP contribution in [0.3, 0.4) is 0 Å². The summed E-state index contributed by atoms with van der Waals surface area (Å²) in [5, 5.41) is 2.26. The number of para-hydroxylation sites is 1. The van der Waals surface area contributed by atoms with Gasteiger partial charge in [-0.1, -0.05) is 41.9 Å². The van der Waals surface area contributed by atoms with E-state index in [1.165, 1.54) is 4.90 Å². The van der Waals surface area contributed by atoms with Crippen LogP contribution in [0.4, 0.5) is 17.1 Å². The van der Waals surface area contributed by atoms with E-state index in [9.17, 15) is 9.59 Å². The monoisotopic (exact) mass is 475 g/mol. The number of halogens is 1. The molecule has 2 aliphatic heterocycles. The van der Waals surface area contributed by atoms with Gasteiger partial charge >= 0.3 is 0 Å². The number of rotatable bonds is 6. The van der Waals surface area contributed by atoms with Crippen molar-refractivity contribution in [1.82, 2.24) is 0 Å². The van der Waals surface area contributed by atoms with Crippen molar-refractivity contribution in [3.05, 3.63) is 89.4 Å². The molecule has 2 heterocycles. The van der Waals surface area contributed by atoms with E-state index in [2.05, 4.69) is 30.9 Å². The maximum Gasteiger partial charge on any atom is 0.266 e. The minimum atomic E-state index is -0.893. The number of hydrogen-bond donors (Lipinski definition) is 0. The summed E-state index contributed by atoms with van der Waals surface area (Å²) in [6.45, 7) is 6.06. The minimum absolute atomic E-state index is 0.270. The second kappa shape index (κ2) is 9.12. The van der Waals surface area contributed by atoms with Crippen LogP contribution in [0.25, 0.3) is 0 Å². The normalized spacial score (nSPS) is 21.8. The molecule has 0 saturated carbocycles. The molecule has 2 saturated heterocycles. The van der Waals surface area contributed by atoms with Gasteiger partial charge in [-0.3, -0.25) is 14.4 Å². The Balaban J connectivity index is 1.54. The Morgan fingerprint density at radius 2 is 1.47 bits per heavy atom. The van der Waals surface area contributed by atoms with E-state index in [-0.39, 0.29) is 11.8 Å². The number of carbonyl (C=O) groups excluding carboxylic acids is 2. The van der Waals surface area contributed by atoms with Gasteiger partial charge in [-0.2, -0.15) is 0 Å². The van der Waals surface area contributed by atoms with Crippen LogP contribution in [0.1, 0.15) is 25.5 Å². The molecule has 0 N–H and O–H groups in total. The number of hydroxylamine groups is 1. The van der Waals surface area contributed by atoms with Crippen molar-refractivity contribution in [1.29, 1.82) is 0 Å². The molecular formula is C27H26ClN3O3. The smallest absolute Gasteiger partial charge is 0.266 e. The quantitative estimate of drug-likeness (QED) is 0.456. The lowest BCUT2D eigenvalue weighted by atomic mass is 9.90. The van der Waals surface area contributed by atoms with Crippen molar-refractivity contribution >= 4 is 40.5 Å². The van der Waals surface area contributed by atoms with Crippen LogP contribution < -0.4 is 14.9 Å². The summed E-state index contributed by atoms with van der Waals surface area (Å²) in [7, 11) is 0. The molecule has 3 atom stereocenters. The zero-order valence-electron chi connectivity index (χ0n) is 19.1. The molecule has 2 aliphatic rings. The summed E-state index contributed by atoms with van der Waals surface area (Å²) in [4.78, 5) is 36.7. The maximum atomic E-state index is 13.7. The molecule has 6 nitrogen and oxygen atoms in total. The fourth-order valence-corrected chi connectivity index (χ4v) is 4.99. The van der Waals surface area contributed by atoms with Crippen LogP contribution in [-0.4, -0.2) is 31.0 Å². The molecule has 0 aromatic heterocycles. The van der Waals surface area contributed by atoms with Gasteiger partial charge in [0.15, 0.2) is 6.10 Å². The average molecular weight is 476 g/mol. The summed E-state index contributed by atoms with van der Waals surface area (Å²) in [5.41, 5.74) is 3.34. The summed E-state index contributed by atoms with van der Waals surface area (Å²) in [6, 6.07) is 24.1. The van der Waals surface area contributed by atoms with Gasteiger partial charge in [0.05, 0.1) is 17.4 Å². The molecule has 0 bridgehead atoms. The van der Waals surface area contributed by atoms with Gasteiger partial charge in [-0.05, 0) is 67.9 Å². The number of anilines is 3. The van der Waals surface area contributed by atoms with E-state index in [1.54, 1.807) is 29.3 Å². The highest BCUT2D eigenvalue weighted by molar-refractivity contribution is 6.31. The van der Waals surface area contributed by atoms with Gasteiger partial charge in [-0.15, -0.1) is 0 Å². The first kappa shape index (κ1) is 22.4. The third kappa shape index (κ3) is 3.73. The minimum Gasteiger partial charge on any atom is -0.372 e. The Morgan fingerprint density at radius 1 is 0.824 bits per heavy atom. The Hall–Kier alpha value is -3.35. The van der Waals surface area contributed by atoms with E-state index in [0.717, 1.165) is 30.0 Å². The number of imide groups is 1. The maximum absolute atomic E-state index is 13.7. The average Bonchev–Trinajstić information content (AvgIpc) is 3.38. The molecule has 34 heavy (non-hydrogen) atoms. The number of benzene rings is 3. The molecule has 3 aromatic carbocycles. The van der Waals surface area contributed by atoms with Crippen LogP contribution in [-0.2, 0) is 14.4 Å². The number of nitrogens with zero attached hydrogens (tertiary/aromatic N) is 3. The molecule has 2 fully saturated rings. The number of fused-ring (bicyclic) bond motifs is 1. The molecule has 3 aromatic rings. The SMILES string of the molecule is CCN(CC)c1ccc([C@@H]2[C@H]3C(=O)N(c4ccc(Cl)cc4)C(=O)[C@@H]3ON2c2ccccc2)cc1. The van der Waals surface area contributed by atoms with Crippen LogP contribution in [0.15, 0.2) is 78.9 Å². The second-order valence-corrected chi connectivity index (χ2v) is 8.85. The first-order valence-corrected chi connectivity index (χ1v) is 11.9. The topological polar surface area (TPSA) is 53.1 Å². The second-order valence-electron chi connectivity index (χ2n) is 8.41. The number of hydrogen-bond acceptors (Lipinski definition) is 5. The van der Waals surface area contributed by atoms with Crippen molar-refractivity contribution in [3.8, 4) is 0 Å². The lowest BCUT2D eigenvalue weighted by Gasteiger charge is -2.29. The lowest BCUT2D eigenvalue weighted by Crippen LogP contribution is -2.37. The highest BCUT2D eigenvalue weighted by Gasteiger charge is 2.60. The molecule has 174 valence electrons. The lowest BCUT2D eigenvalue weighted by molar-refractivity contribution is -0.126. The highest BCUT2D eigenvalue weighted by atomic mass is 35.5. The summed E-state index contributed by atoms with van der Waals surface area (Å²) in [5.74, 6) is -1.29. The van der Waals surface area contributed by atoms with E-state index in [0.29, 0.717) is 10.7 Å². The van der Waals surface area contributed by atoms with Gasteiger partial charge in [0, 0.05) is 23.8 Å². The first-order valence-electron chi connectivity index (χ1n) is 11.5. The van der Waals surface area contributed by atoms with Gasteiger partial charge in [0.2, 0.25) is 5.91 Å². The summed E-state index contributed by atoms with van der Waals surface area (Å²) >= 11 is 6.01. The van der Waals surface area contributed by atoms with Crippen LogP contribution >= 0.6 is 11.6 Å². The zero-order chi connectivity index (χ0) is 23.8. The van der Waals surface area contributed by atoms with Crippen molar-refractivity contribution in [2.45, 2.75) is 26.0 Å². The van der Waals surface area contributed by atoms with Gasteiger partial charge in [0.25, 0.3) is 5.91 Å². The van der Waals surface area contributed by atoms with Crippen molar-refractivity contribution in [2.24, 2.45) is 5.92 Å². The van der Waals surface area contributed by atoms with Gasteiger partial charge in [-0.25, -0.2) is 9.96 Å². The molecule has 0 spiro atoms. The fraction of sp³-hybridized carbons (Fsp3) is 0.259. The molecule has 5 rings (SSSR count). The largest absolute Gasteiger partial charge is 0.372 e. The Kier molecular flexibility index (Phi) is 6.02. The van der Waals surface area contributed by atoms with E-state index in [1.807, 2.05) is 42.5 Å². The Labute approximate surface area is 204 Å². The third-order valence-electron chi connectivity index (χ3n) is 6.57. The highest BCUT2D eigenvalue weighted by Crippen LogP contribution is 2.47. The molecule has 0 radical (unpaired) electrons.